The summed E-state index contributed by atoms with van der Waals surface area (Å²) in [4.78, 5) is 21.2. The summed E-state index contributed by atoms with van der Waals surface area (Å²) in [7, 11) is 0. The molecule has 2 aromatic heterocycles. The number of benzene rings is 4. The standard InChI is InChI=1S/C22H16F6O5.C21H19ClO5/c1-12-8-16(6-7-17(12)32-11-19(29)30)31-10-14-9-18(33-20(14)22(26,27)28)13-2-4-15(5-3-13)21(23,24)25;1-13-9-18(7-8-19(13)26-12-21(23)24)25-11-16-10-20(27-14(16)2)15-3-5-17(22)6-4-15/h2-9H,10-11H2,1H3,(H,29,30);3-10H,11-12H2,1-2H3,(H,23,24). The molecule has 0 amide bonds. The minimum absolute atomic E-state index is 0.0375. The highest BCUT2D eigenvalue weighted by Crippen LogP contribution is 2.39. The van der Waals surface area contributed by atoms with Gasteiger partial charge in [0.1, 0.15) is 53.5 Å². The molecule has 0 radical (unpaired) electrons. The van der Waals surface area contributed by atoms with Gasteiger partial charge in [-0.25, -0.2) is 9.59 Å². The van der Waals surface area contributed by atoms with Gasteiger partial charge < -0.3 is 38.0 Å². The van der Waals surface area contributed by atoms with Crippen molar-refractivity contribution in [2.75, 3.05) is 13.2 Å². The Hall–Kier alpha value is -6.55. The third-order valence-electron chi connectivity index (χ3n) is 8.50. The number of alkyl halides is 6. The lowest BCUT2D eigenvalue weighted by atomic mass is 10.1. The second-order valence-corrected chi connectivity index (χ2v) is 13.5. The van der Waals surface area contributed by atoms with Crippen molar-refractivity contribution >= 4 is 23.5 Å². The van der Waals surface area contributed by atoms with Crippen LogP contribution in [-0.2, 0) is 35.2 Å². The van der Waals surface area contributed by atoms with Gasteiger partial charge in [0, 0.05) is 27.3 Å². The Balaban J connectivity index is 0.000000232. The molecule has 0 fully saturated rings. The summed E-state index contributed by atoms with van der Waals surface area (Å²) in [5.41, 5.74) is 1.95. The fourth-order valence-electron chi connectivity index (χ4n) is 5.51. The van der Waals surface area contributed by atoms with Gasteiger partial charge in [-0.2, -0.15) is 26.3 Å². The van der Waals surface area contributed by atoms with Crippen molar-refractivity contribution in [3.8, 4) is 45.6 Å². The number of halogens is 7. The molecule has 0 bridgehead atoms. The van der Waals surface area contributed by atoms with E-state index in [4.69, 9.17) is 49.6 Å². The van der Waals surface area contributed by atoms with Gasteiger partial charge in [-0.3, -0.25) is 0 Å². The number of aryl methyl sites for hydroxylation is 3. The fraction of sp³-hybridized carbons (Fsp3) is 0.209. The molecule has 2 heterocycles. The Kier molecular flexibility index (Phi) is 14.1. The molecule has 60 heavy (non-hydrogen) atoms. The Morgan fingerprint density at radius 3 is 1.48 bits per heavy atom. The van der Waals surface area contributed by atoms with E-state index in [9.17, 15) is 35.9 Å². The summed E-state index contributed by atoms with van der Waals surface area (Å²) in [6.45, 7) is 4.23. The molecule has 0 aliphatic rings. The maximum atomic E-state index is 13.4. The van der Waals surface area contributed by atoms with E-state index in [0.29, 0.717) is 28.7 Å². The van der Waals surface area contributed by atoms with Crippen molar-refractivity contribution in [1.29, 1.82) is 0 Å². The van der Waals surface area contributed by atoms with E-state index in [-0.39, 0.29) is 35.0 Å². The normalized spacial score (nSPS) is 11.4. The molecule has 0 aliphatic carbocycles. The quantitative estimate of drug-likeness (QED) is 0.102. The van der Waals surface area contributed by atoms with E-state index in [0.717, 1.165) is 58.5 Å². The summed E-state index contributed by atoms with van der Waals surface area (Å²) in [6, 6.07) is 23.5. The van der Waals surface area contributed by atoms with Crippen LogP contribution in [-0.4, -0.2) is 35.4 Å². The second-order valence-electron chi connectivity index (χ2n) is 13.0. The van der Waals surface area contributed by atoms with Crippen LogP contribution in [0.3, 0.4) is 0 Å². The molecule has 0 spiro atoms. The molecule has 6 rings (SSSR count). The minimum atomic E-state index is -4.85. The lowest BCUT2D eigenvalue weighted by Gasteiger charge is -2.11. The molecule has 0 unspecified atom stereocenters. The van der Waals surface area contributed by atoms with Gasteiger partial charge in [0.05, 0.1) is 5.56 Å². The number of carbonyl (C=O) groups is 2. The van der Waals surface area contributed by atoms with E-state index in [2.05, 4.69) is 0 Å². The van der Waals surface area contributed by atoms with Crippen LogP contribution in [0.1, 0.15) is 39.3 Å². The monoisotopic (exact) mass is 860 g/mol. The topological polar surface area (TPSA) is 138 Å². The van der Waals surface area contributed by atoms with Gasteiger partial charge in [-0.05, 0) is 117 Å². The molecule has 0 saturated heterocycles. The number of rotatable bonds is 14. The van der Waals surface area contributed by atoms with Crippen LogP contribution < -0.4 is 18.9 Å². The largest absolute Gasteiger partial charge is 0.489 e. The zero-order valence-corrected chi connectivity index (χ0v) is 32.6. The van der Waals surface area contributed by atoms with Crippen molar-refractivity contribution in [2.45, 2.75) is 46.3 Å². The first-order valence-corrected chi connectivity index (χ1v) is 18.0. The summed E-state index contributed by atoms with van der Waals surface area (Å²) in [5.74, 6) is -0.555. The van der Waals surface area contributed by atoms with Crippen LogP contribution in [0.15, 0.2) is 106 Å². The molecule has 0 saturated carbocycles. The number of carboxylic acids is 2. The summed E-state index contributed by atoms with van der Waals surface area (Å²) in [5, 5.41) is 18.0. The van der Waals surface area contributed by atoms with Crippen molar-refractivity contribution < 1.29 is 73.9 Å². The highest BCUT2D eigenvalue weighted by Gasteiger charge is 2.39. The molecule has 316 valence electrons. The van der Waals surface area contributed by atoms with Gasteiger partial charge in [0.15, 0.2) is 13.2 Å². The predicted octanol–water partition coefficient (Wildman–Crippen LogP) is 11.6. The Morgan fingerprint density at radius 2 is 1.03 bits per heavy atom. The van der Waals surface area contributed by atoms with Crippen molar-refractivity contribution in [3.05, 3.63) is 141 Å². The zero-order chi connectivity index (χ0) is 43.8. The molecule has 10 nitrogen and oxygen atoms in total. The number of hydrogen-bond donors (Lipinski definition) is 2. The Bertz CT molecular complexity index is 2420. The first kappa shape index (κ1) is 44.6. The molecule has 2 N–H and O–H groups in total. The van der Waals surface area contributed by atoms with Crippen LogP contribution in [0.25, 0.3) is 22.6 Å². The minimum Gasteiger partial charge on any atom is -0.489 e. The molecule has 17 heteroatoms. The second kappa shape index (κ2) is 19.0. The first-order chi connectivity index (χ1) is 28.3. The predicted molar refractivity (Wildman–Crippen MR) is 205 cm³/mol. The summed E-state index contributed by atoms with van der Waals surface area (Å²) >= 11 is 5.92. The number of ether oxygens (including phenoxy) is 4. The molecular weight excluding hydrogens is 826 g/mol. The van der Waals surface area contributed by atoms with Crippen LogP contribution in [0.2, 0.25) is 5.02 Å². The average molecular weight is 861 g/mol. The van der Waals surface area contributed by atoms with Crippen molar-refractivity contribution in [2.24, 2.45) is 0 Å². The summed E-state index contributed by atoms with van der Waals surface area (Å²) < 4.78 is 111. The molecule has 0 aliphatic heterocycles. The molecule has 0 atom stereocenters. The van der Waals surface area contributed by atoms with Crippen LogP contribution >= 0.6 is 11.6 Å². The Labute approximate surface area is 343 Å². The number of aliphatic carboxylic acids is 2. The molecular formula is C43H35ClF6O10. The maximum Gasteiger partial charge on any atom is 0.449 e. The SMILES string of the molecule is Cc1cc(OCc2cc(-c3ccc(C(F)(F)F)cc3)oc2C(F)(F)F)ccc1OCC(=O)O.Cc1cc(OCc2cc(-c3ccc(Cl)cc3)oc2C)ccc1OCC(=O)O. The van der Waals surface area contributed by atoms with E-state index < -0.39 is 48.8 Å². The lowest BCUT2D eigenvalue weighted by molar-refractivity contribution is -0.153. The van der Waals surface area contributed by atoms with Gasteiger partial charge >= 0.3 is 24.3 Å². The molecule has 6 aromatic rings. The molecule has 4 aromatic carbocycles. The van der Waals surface area contributed by atoms with Crippen LogP contribution in [0.5, 0.6) is 23.0 Å². The Morgan fingerprint density at radius 1 is 0.583 bits per heavy atom. The van der Waals surface area contributed by atoms with E-state index in [1.54, 1.807) is 19.1 Å². The fourth-order valence-corrected chi connectivity index (χ4v) is 5.64. The van der Waals surface area contributed by atoms with Gasteiger partial charge in [0.25, 0.3) is 0 Å². The third-order valence-corrected chi connectivity index (χ3v) is 8.75. The maximum absolute atomic E-state index is 13.4. The van der Waals surface area contributed by atoms with E-state index in [1.807, 2.05) is 50.2 Å². The van der Waals surface area contributed by atoms with E-state index in [1.165, 1.54) is 18.2 Å². The third kappa shape index (κ3) is 12.2. The highest BCUT2D eigenvalue weighted by molar-refractivity contribution is 6.30. The lowest BCUT2D eigenvalue weighted by Crippen LogP contribution is -2.10. The van der Waals surface area contributed by atoms with Crippen LogP contribution in [0.4, 0.5) is 26.3 Å². The average Bonchev–Trinajstić information content (AvgIpc) is 3.79. The number of carboxylic acid groups (broad SMARTS) is 2. The van der Waals surface area contributed by atoms with Crippen molar-refractivity contribution in [1.82, 2.24) is 0 Å². The summed E-state index contributed by atoms with van der Waals surface area (Å²) in [6.07, 6.45) is -9.43. The number of hydrogen-bond acceptors (Lipinski definition) is 8. The van der Waals surface area contributed by atoms with Gasteiger partial charge in [-0.1, -0.05) is 23.7 Å². The first-order valence-electron chi connectivity index (χ1n) is 17.7. The zero-order valence-electron chi connectivity index (χ0n) is 31.9. The number of furan rings is 2. The smallest absolute Gasteiger partial charge is 0.449 e. The highest BCUT2D eigenvalue weighted by atomic mass is 35.5. The van der Waals surface area contributed by atoms with Gasteiger partial charge in [-0.15, -0.1) is 0 Å². The van der Waals surface area contributed by atoms with Crippen molar-refractivity contribution in [3.63, 3.8) is 0 Å². The van der Waals surface area contributed by atoms with E-state index >= 15 is 0 Å². The van der Waals surface area contributed by atoms with Crippen LogP contribution in [0, 0.1) is 20.8 Å². The van der Waals surface area contributed by atoms with Gasteiger partial charge in [0.2, 0.25) is 5.76 Å².